The fraction of sp³-hybridized carbons (Fsp3) is 0.118. The average Bonchev–Trinajstić information content (AvgIpc) is 2.58. The van der Waals surface area contributed by atoms with Crippen molar-refractivity contribution in [1.82, 2.24) is 0 Å². The Morgan fingerprint density at radius 1 is 0.880 bits per heavy atom. The molecule has 0 bridgehead atoms. The summed E-state index contributed by atoms with van der Waals surface area (Å²) < 4.78 is 15.7. The van der Waals surface area contributed by atoms with E-state index in [-0.39, 0.29) is 33.8 Å². The number of hydrogen-bond donors (Lipinski definition) is 4. The first-order valence-electron chi connectivity index (χ1n) is 7.04. The van der Waals surface area contributed by atoms with Gasteiger partial charge in [-0.15, -0.1) is 0 Å². The van der Waals surface area contributed by atoms with Crippen molar-refractivity contribution in [2.45, 2.75) is 0 Å². The van der Waals surface area contributed by atoms with Crippen LogP contribution in [0.1, 0.15) is 0 Å². The summed E-state index contributed by atoms with van der Waals surface area (Å²) in [5.74, 6) is -2.10. The number of hydrogen-bond acceptors (Lipinski definition) is 8. The fourth-order valence-electron chi connectivity index (χ4n) is 2.50. The summed E-state index contributed by atoms with van der Waals surface area (Å²) in [7, 11) is 2.68. The van der Waals surface area contributed by atoms with Gasteiger partial charge in [-0.25, -0.2) is 0 Å². The molecule has 0 atom stereocenters. The molecule has 1 aromatic heterocycles. The summed E-state index contributed by atoms with van der Waals surface area (Å²) in [4.78, 5) is 12.4. The van der Waals surface area contributed by atoms with Crippen LogP contribution in [-0.4, -0.2) is 34.6 Å². The van der Waals surface area contributed by atoms with Gasteiger partial charge in [-0.2, -0.15) is 0 Å². The minimum absolute atomic E-state index is 0.00466. The van der Waals surface area contributed by atoms with Gasteiger partial charge in [-0.1, -0.05) is 0 Å². The first-order valence-corrected chi connectivity index (χ1v) is 7.04. The second-order valence-electron chi connectivity index (χ2n) is 5.17. The van der Waals surface area contributed by atoms with Crippen molar-refractivity contribution in [2.24, 2.45) is 0 Å². The summed E-state index contributed by atoms with van der Waals surface area (Å²) in [5, 5.41) is 38.8. The van der Waals surface area contributed by atoms with E-state index in [2.05, 4.69) is 0 Å². The van der Waals surface area contributed by atoms with Crippen LogP contribution in [0.15, 0.2) is 33.5 Å². The summed E-state index contributed by atoms with van der Waals surface area (Å²) in [6.07, 6.45) is 0. The molecule has 0 saturated carbocycles. The van der Waals surface area contributed by atoms with Crippen molar-refractivity contribution >= 4 is 11.0 Å². The molecule has 0 aliphatic heterocycles. The molecule has 0 amide bonds. The Bertz CT molecular complexity index is 1010. The van der Waals surface area contributed by atoms with Crippen LogP contribution in [0.25, 0.3) is 22.3 Å². The largest absolute Gasteiger partial charge is 0.504 e. The summed E-state index contributed by atoms with van der Waals surface area (Å²) in [6, 6.07) is 4.71. The van der Waals surface area contributed by atoms with E-state index in [0.29, 0.717) is 0 Å². The molecular formula is C17H14O8. The Balaban J connectivity index is 2.32. The molecule has 3 rings (SSSR count). The number of phenolic OH excluding ortho intramolecular Hbond substituents is 4. The van der Waals surface area contributed by atoms with E-state index >= 15 is 0 Å². The van der Waals surface area contributed by atoms with Crippen molar-refractivity contribution < 1.29 is 34.3 Å². The van der Waals surface area contributed by atoms with Crippen LogP contribution < -0.4 is 14.9 Å². The van der Waals surface area contributed by atoms with Crippen LogP contribution >= 0.6 is 0 Å². The van der Waals surface area contributed by atoms with Crippen molar-refractivity contribution in [3.8, 4) is 45.8 Å². The Morgan fingerprint density at radius 2 is 1.52 bits per heavy atom. The summed E-state index contributed by atoms with van der Waals surface area (Å²) in [5.41, 5.74) is -0.396. The average molecular weight is 346 g/mol. The summed E-state index contributed by atoms with van der Waals surface area (Å²) >= 11 is 0. The van der Waals surface area contributed by atoms with Crippen LogP contribution in [0, 0.1) is 0 Å². The number of methoxy groups -OCH3 is 2. The molecular weight excluding hydrogens is 332 g/mol. The molecule has 25 heavy (non-hydrogen) atoms. The van der Waals surface area contributed by atoms with Gasteiger partial charge in [0.1, 0.15) is 16.7 Å². The highest BCUT2D eigenvalue weighted by Crippen LogP contribution is 2.43. The van der Waals surface area contributed by atoms with Crippen LogP contribution in [0.2, 0.25) is 0 Å². The number of ether oxygens (including phenoxy) is 2. The van der Waals surface area contributed by atoms with Crippen LogP contribution in [-0.2, 0) is 0 Å². The molecule has 8 nitrogen and oxygen atoms in total. The standard InChI is InChI=1S/C17H14O8/c1-23-13-6-12-14(16(22)17(13)24-2)8(18)5-11(25-12)7-3-9(19)15(21)10(20)4-7/h3-6,19-22H,1-2H3. The zero-order valence-corrected chi connectivity index (χ0v) is 13.2. The van der Waals surface area contributed by atoms with Crippen LogP contribution in [0.4, 0.5) is 0 Å². The maximum Gasteiger partial charge on any atom is 0.204 e. The van der Waals surface area contributed by atoms with Gasteiger partial charge in [-0.05, 0) is 12.1 Å². The lowest BCUT2D eigenvalue weighted by Crippen LogP contribution is -2.02. The molecule has 1 heterocycles. The number of rotatable bonds is 3. The molecule has 0 aliphatic rings. The Morgan fingerprint density at radius 3 is 2.08 bits per heavy atom. The highest BCUT2D eigenvalue weighted by Gasteiger charge is 2.20. The van der Waals surface area contributed by atoms with Gasteiger partial charge < -0.3 is 34.3 Å². The van der Waals surface area contributed by atoms with Gasteiger partial charge in [0.25, 0.3) is 0 Å². The van der Waals surface area contributed by atoms with E-state index in [4.69, 9.17) is 13.9 Å². The highest BCUT2D eigenvalue weighted by molar-refractivity contribution is 5.89. The molecule has 0 radical (unpaired) electrons. The zero-order valence-electron chi connectivity index (χ0n) is 13.2. The predicted octanol–water partition coefficient (Wildman–Crippen LogP) is 2.30. The van der Waals surface area contributed by atoms with Gasteiger partial charge in [0, 0.05) is 17.7 Å². The van der Waals surface area contributed by atoms with E-state index in [1.165, 1.54) is 20.3 Å². The SMILES string of the molecule is COc1cc2oc(-c3cc(O)c(O)c(O)c3)cc(=O)c2c(O)c1OC. The molecule has 2 aromatic carbocycles. The van der Waals surface area contributed by atoms with Gasteiger partial charge >= 0.3 is 0 Å². The third-order valence-corrected chi connectivity index (χ3v) is 3.69. The van der Waals surface area contributed by atoms with E-state index in [1.807, 2.05) is 0 Å². The fourth-order valence-corrected chi connectivity index (χ4v) is 2.50. The third-order valence-electron chi connectivity index (χ3n) is 3.69. The van der Waals surface area contributed by atoms with E-state index in [1.54, 1.807) is 0 Å². The number of aromatic hydroxyl groups is 4. The molecule has 0 fully saturated rings. The zero-order chi connectivity index (χ0) is 18.3. The second kappa shape index (κ2) is 5.82. The first kappa shape index (κ1) is 16.3. The van der Waals surface area contributed by atoms with Crippen LogP contribution in [0.5, 0.6) is 34.5 Å². The predicted molar refractivity (Wildman–Crippen MR) is 87.7 cm³/mol. The van der Waals surface area contributed by atoms with Gasteiger partial charge in [0.2, 0.25) is 5.75 Å². The molecule has 0 saturated heterocycles. The normalized spacial score (nSPS) is 10.8. The van der Waals surface area contributed by atoms with Crippen molar-refractivity contribution in [3.63, 3.8) is 0 Å². The highest BCUT2D eigenvalue weighted by atomic mass is 16.5. The van der Waals surface area contributed by atoms with Crippen LogP contribution in [0.3, 0.4) is 0 Å². The lowest BCUT2D eigenvalue weighted by molar-refractivity contribution is 0.334. The molecule has 0 aliphatic carbocycles. The number of benzene rings is 2. The van der Waals surface area contributed by atoms with Crippen molar-refractivity contribution in [2.75, 3.05) is 14.2 Å². The van der Waals surface area contributed by atoms with E-state index in [0.717, 1.165) is 18.2 Å². The molecule has 3 aromatic rings. The lowest BCUT2D eigenvalue weighted by atomic mass is 10.1. The number of phenols is 4. The third kappa shape index (κ3) is 2.53. The minimum atomic E-state index is -0.684. The van der Waals surface area contributed by atoms with Crippen molar-refractivity contribution in [3.05, 3.63) is 34.5 Å². The maximum absolute atomic E-state index is 12.4. The summed E-state index contributed by atoms with van der Waals surface area (Å²) in [6.45, 7) is 0. The maximum atomic E-state index is 12.4. The number of fused-ring (bicyclic) bond motifs is 1. The Kier molecular flexibility index (Phi) is 3.80. The Labute approximate surface area is 140 Å². The Hall–Kier alpha value is -3.55. The monoisotopic (exact) mass is 346 g/mol. The van der Waals surface area contributed by atoms with Gasteiger partial charge in [0.15, 0.2) is 34.2 Å². The van der Waals surface area contributed by atoms with E-state index in [9.17, 15) is 25.2 Å². The molecule has 4 N–H and O–H groups in total. The topological polar surface area (TPSA) is 130 Å². The van der Waals surface area contributed by atoms with Crippen molar-refractivity contribution in [1.29, 1.82) is 0 Å². The molecule has 130 valence electrons. The quantitative estimate of drug-likeness (QED) is 0.532. The second-order valence-corrected chi connectivity index (χ2v) is 5.17. The van der Waals surface area contributed by atoms with Gasteiger partial charge in [-0.3, -0.25) is 4.79 Å². The van der Waals surface area contributed by atoms with E-state index < -0.39 is 28.4 Å². The molecule has 0 unspecified atom stereocenters. The first-order chi connectivity index (χ1) is 11.9. The lowest BCUT2D eigenvalue weighted by Gasteiger charge is -2.12. The molecule has 0 spiro atoms. The van der Waals surface area contributed by atoms with Gasteiger partial charge in [0.05, 0.1) is 14.2 Å². The minimum Gasteiger partial charge on any atom is -0.504 e. The smallest absolute Gasteiger partial charge is 0.204 e. The molecule has 8 heteroatoms.